The number of amides is 2. The summed E-state index contributed by atoms with van der Waals surface area (Å²) in [5.41, 5.74) is 0.585. The SMILES string of the molecule is O=C(NC[C@H]1C[C@H]2CC[C@H]1C2)Nc1ccc(Cl)cc1Cl. The second kappa shape index (κ2) is 5.82. The molecule has 2 aliphatic rings. The van der Waals surface area contributed by atoms with E-state index in [-0.39, 0.29) is 6.03 Å². The summed E-state index contributed by atoms with van der Waals surface area (Å²) in [7, 11) is 0. The lowest BCUT2D eigenvalue weighted by Crippen LogP contribution is -2.34. The smallest absolute Gasteiger partial charge is 0.319 e. The van der Waals surface area contributed by atoms with Crippen LogP contribution in [0, 0.1) is 17.8 Å². The van der Waals surface area contributed by atoms with Crippen molar-refractivity contribution in [3.8, 4) is 0 Å². The van der Waals surface area contributed by atoms with Crippen LogP contribution in [0.3, 0.4) is 0 Å². The summed E-state index contributed by atoms with van der Waals surface area (Å²) in [5, 5.41) is 6.73. The monoisotopic (exact) mass is 312 g/mol. The van der Waals surface area contributed by atoms with Crippen molar-refractivity contribution in [3.05, 3.63) is 28.2 Å². The maximum atomic E-state index is 11.9. The Morgan fingerprint density at radius 1 is 1.25 bits per heavy atom. The van der Waals surface area contributed by atoms with Gasteiger partial charge >= 0.3 is 6.03 Å². The zero-order valence-corrected chi connectivity index (χ0v) is 12.7. The van der Waals surface area contributed by atoms with Gasteiger partial charge in [-0.3, -0.25) is 0 Å². The number of urea groups is 1. The van der Waals surface area contributed by atoms with E-state index < -0.39 is 0 Å². The first kappa shape index (κ1) is 14.0. The third-order valence-electron chi connectivity index (χ3n) is 4.59. The quantitative estimate of drug-likeness (QED) is 0.844. The van der Waals surface area contributed by atoms with Crippen molar-refractivity contribution >= 4 is 34.9 Å². The molecule has 2 saturated carbocycles. The highest BCUT2D eigenvalue weighted by Gasteiger charge is 2.39. The number of hydrogen-bond donors (Lipinski definition) is 2. The lowest BCUT2D eigenvalue weighted by molar-refractivity contribution is 0.245. The molecule has 0 aliphatic heterocycles. The van der Waals surface area contributed by atoms with Gasteiger partial charge in [0.05, 0.1) is 10.7 Å². The first-order valence-electron chi connectivity index (χ1n) is 7.11. The second-order valence-electron chi connectivity index (χ2n) is 5.89. The Balaban J connectivity index is 1.50. The largest absolute Gasteiger partial charge is 0.338 e. The van der Waals surface area contributed by atoms with Gasteiger partial charge in [-0.05, 0) is 55.2 Å². The molecule has 5 heteroatoms. The molecule has 2 N–H and O–H groups in total. The van der Waals surface area contributed by atoms with Gasteiger partial charge in [0, 0.05) is 11.6 Å². The molecule has 3 atom stereocenters. The third kappa shape index (κ3) is 3.04. The van der Waals surface area contributed by atoms with Crippen molar-refractivity contribution in [2.45, 2.75) is 25.7 Å². The lowest BCUT2D eigenvalue weighted by atomic mass is 9.89. The van der Waals surface area contributed by atoms with Gasteiger partial charge in [0.1, 0.15) is 0 Å². The van der Waals surface area contributed by atoms with Gasteiger partial charge in [0.25, 0.3) is 0 Å². The zero-order valence-electron chi connectivity index (χ0n) is 11.2. The standard InChI is InChI=1S/C15H18Cl2N2O/c16-12-3-4-14(13(17)7-12)19-15(20)18-8-11-6-9-1-2-10(11)5-9/h3-4,7,9-11H,1-2,5-6,8H2,(H2,18,19,20)/t9-,10-,11+/m0/s1. The molecular formula is C15H18Cl2N2O. The molecule has 0 aromatic heterocycles. The fraction of sp³-hybridized carbons (Fsp3) is 0.533. The second-order valence-corrected chi connectivity index (χ2v) is 6.74. The normalized spacial score (nSPS) is 27.6. The van der Waals surface area contributed by atoms with E-state index in [1.165, 1.54) is 25.7 Å². The number of rotatable bonds is 3. The number of nitrogens with one attached hydrogen (secondary N) is 2. The van der Waals surface area contributed by atoms with Crippen molar-refractivity contribution in [2.24, 2.45) is 17.8 Å². The Labute approximate surface area is 129 Å². The van der Waals surface area contributed by atoms with Gasteiger partial charge in [0.15, 0.2) is 0 Å². The van der Waals surface area contributed by atoms with Crippen molar-refractivity contribution in [2.75, 3.05) is 11.9 Å². The van der Waals surface area contributed by atoms with E-state index in [0.717, 1.165) is 18.4 Å². The molecule has 3 rings (SSSR count). The number of fused-ring (bicyclic) bond motifs is 2. The Kier molecular flexibility index (Phi) is 4.08. The molecule has 0 heterocycles. The molecular weight excluding hydrogens is 295 g/mol. The van der Waals surface area contributed by atoms with Crippen LogP contribution in [0.1, 0.15) is 25.7 Å². The highest BCUT2D eigenvalue weighted by Crippen LogP contribution is 2.47. The summed E-state index contributed by atoms with van der Waals surface area (Å²) in [6, 6.07) is 4.84. The molecule has 1 aromatic rings. The lowest BCUT2D eigenvalue weighted by Gasteiger charge is -2.22. The zero-order chi connectivity index (χ0) is 14.1. The highest BCUT2D eigenvalue weighted by atomic mass is 35.5. The van der Waals surface area contributed by atoms with Crippen LogP contribution < -0.4 is 10.6 Å². The molecule has 0 radical (unpaired) electrons. The van der Waals surface area contributed by atoms with Gasteiger partial charge in [-0.1, -0.05) is 29.6 Å². The molecule has 1 aromatic carbocycles. The number of anilines is 1. The number of carbonyl (C=O) groups is 1. The summed E-state index contributed by atoms with van der Waals surface area (Å²) >= 11 is 11.8. The van der Waals surface area contributed by atoms with Gasteiger partial charge in [0.2, 0.25) is 0 Å². The van der Waals surface area contributed by atoms with Crippen molar-refractivity contribution in [1.29, 1.82) is 0 Å². The van der Waals surface area contributed by atoms with Crippen LogP contribution in [0.15, 0.2) is 18.2 Å². The van der Waals surface area contributed by atoms with E-state index in [0.29, 0.717) is 21.7 Å². The highest BCUT2D eigenvalue weighted by molar-refractivity contribution is 6.36. The average molecular weight is 313 g/mol. The third-order valence-corrected chi connectivity index (χ3v) is 5.14. The van der Waals surface area contributed by atoms with E-state index in [2.05, 4.69) is 10.6 Å². The van der Waals surface area contributed by atoms with E-state index >= 15 is 0 Å². The van der Waals surface area contributed by atoms with Crippen LogP contribution in [0.4, 0.5) is 10.5 Å². The summed E-state index contributed by atoms with van der Waals surface area (Å²) < 4.78 is 0. The van der Waals surface area contributed by atoms with Crippen molar-refractivity contribution in [3.63, 3.8) is 0 Å². The summed E-state index contributed by atoms with van der Waals surface area (Å²) in [4.78, 5) is 11.9. The molecule has 2 fully saturated rings. The molecule has 0 saturated heterocycles. The Hall–Kier alpha value is -0.930. The number of hydrogen-bond acceptors (Lipinski definition) is 1. The minimum atomic E-state index is -0.197. The maximum Gasteiger partial charge on any atom is 0.319 e. The Morgan fingerprint density at radius 2 is 2.10 bits per heavy atom. The molecule has 2 amide bonds. The minimum Gasteiger partial charge on any atom is -0.338 e. The molecule has 108 valence electrons. The number of halogens is 2. The summed E-state index contributed by atoms with van der Waals surface area (Å²) in [6.45, 7) is 0.762. The summed E-state index contributed by atoms with van der Waals surface area (Å²) in [6.07, 6.45) is 5.35. The molecule has 0 unspecified atom stereocenters. The topological polar surface area (TPSA) is 41.1 Å². The molecule has 0 spiro atoms. The van der Waals surface area contributed by atoms with Gasteiger partial charge in [-0.25, -0.2) is 4.79 Å². The summed E-state index contributed by atoms with van der Waals surface area (Å²) in [5.74, 6) is 2.38. The first-order chi connectivity index (χ1) is 9.61. The van der Waals surface area contributed by atoms with Crippen LogP contribution in [0.25, 0.3) is 0 Å². The number of carbonyl (C=O) groups excluding carboxylic acids is 1. The Morgan fingerprint density at radius 3 is 2.75 bits per heavy atom. The van der Waals surface area contributed by atoms with Crippen LogP contribution in [0.2, 0.25) is 10.0 Å². The molecule has 2 aliphatic carbocycles. The van der Waals surface area contributed by atoms with Crippen molar-refractivity contribution in [1.82, 2.24) is 5.32 Å². The minimum absolute atomic E-state index is 0.197. The van der Waals surface area contributed by atoms with E-state index in [4.69, 9.17) is 23.2 Å². The van der Waals surface area contributed by atoms with Crippen LogP contribution in [-0.4, -0.2) is 12.6 Å². The predicted molar refractivity (Wildman–Crippen MR) is 82.4 cm³/mol. The fourth-order valence-corrected chi connectivity index (χ4v) is 4.06. The molecule has 2 bridgehead atoms. The molecule has 3 nitrogen and oxygen atoms in total. The number of benzene rings is 1. The first-order valence-corrected chi connectivity index (χ1v) is 7.87. The van der Waals surface area contributed by atoms with E-state index in [9.17, 15) is 4.79 Å². The maximum absolute atomic E-state index is 11.9. The van der Waals surface area contributed by atoms with Gasteiger partial charge < -0.3 is 10.6 Å². The van der Waals surface area contributed by atoms with Crippen LogP contribution in [-0.2, 0) is 0 Å². The van der Waals surface area contributed by atoms with Crippen molar-refractivity contribution < 1.29 is 4.79 Å². The van der Waals surface area contributed by atoms with Crippen LogP contribution in [0.5, 0.6) is 0 Å². The van der Waals surface area contributed by atoms with E-state index in [1.54, 1.807) is 18.2 Å². The average Bonchev–Trinajstić information content (AvgIpc) is 3.02. The molecule has 20 heavy (non-hydrogen) atoms. The van der Waals surface area contributed by atoms with E-state index in [1.807, 2.05) is 0 Å². The predicted octanol–water partition coefficient (Wildman–Crippen LogP) is 4.55. The van der Waals surface area contributed by atoms with Crippen LogP contribution >= 0.6 is 23.2 Å². The fourth-order valence-electron chi connectivity index (χ4n) is 3.61. The van der Waals surface area contributed by atoms with Gasteiger partial charge in [-0.2, -0.15) is 0 Å². The Bertz CT molecular complexity index is 521. The van der Waals surface area contributed by atoms with Gasteiger partial charge in [-0.15, -0.1) is 0 Å².